The molecule has 18 heavy (non-hydrogen) atoms. The minimum absolute atomic E-state index is 0.140. The lowest BCUT2D eigenvalue weighted by Crippen LogP contribution is -2.06. The van der Waals surface area contributed by atoms with Crippen LogP contribution in [0.25, 0.3) is 0 Å². The molecule has 0 aliphatic rings. The highest BCUT2D eigenvalue weighted by Crippen LogP contribution is 2.32. The Morgan fingerprint density at radius 3 is 2.72 bits per heavy atom. The van der Waals surface area contributed by atoms with Crippen molar-refractivity contribution in [2.24, 2.45) is 0 Å². The fourth-order valence-electron chi connectivity index (χ4n) is 1.65. The van der Waals surface area contributed by atoms with Gasteiger partial charge in [0, 0.05) is 10.9 Å². The summed E-state index contributed by atoms with van der Waals surface area (Å²) >= 11 is 5.11. The fraction of sp³-hybridized carbons (Fsp3) is 0.231. The van der Waals surface area contributed by atoms with Gasteiger partial charge in [0.05, 0.1) is 22.6 Å². The SMILES string of the molecule is COc1cc(F)ccc1NC(C)c1ccc(Br)s1. The van der Waals surface area contributed by atoms with Crippen LogP contribution in [0.2, 0.25) is 0 Å². The van der Waals surface area contributed by atoms with Gasteiger partial charge in [-0.2, -0.15) is 0 Å². The van der Waals surface area contributed by atoms with E-state index >= 15 is 0 Å². The molecule has 0 saturated heterocycles. The molecule has 5 heteroatoms. The Bertz CT molecular complexity index is 544. The van der Waals surface area contributed by atoms with E-state index in [1.807, 2.05) is 6.07 Å². The summed E-state index contributed by atoms with van der Waals surface area (Å²) in [6.07, 6.45) is 0. The van der Waals surface area contributed by atoms with Crippen molar-refractivity contribution in [1.29, 1.82) is 0 Å². The van der Waals surface area contributed by atoms with E-state index in [1.54, 1.807) is 17.4 Å². The summed E-state index contributed by atoms with van der Waals surface area (Å²) in [7, 11) is 1.53. The molecule has 2 aromatic rings. The van der Waals surface area contributed by atoms with Crippen LogP contribution in [0.3, 0.4) is 0 Å². The number of thiophene rings is 1. The zero-order valence-electron chi connectivity index (χ0n) is 10.0. The van der Waals surface area contributed by atoms with Gasteiger partial charge in [-0.3, -0.25) is 0 Å². The van der Waals surface area contributed by atoms with Gasteiger partial charge in [-0.15, -0.1) is 11.3 Å². The summed E-state index contributed by atoms with van der Waals surface area (Å²) < 4.78 is 19.3. The molecule has 1 aromatic heterocycles. The summed E-state index contributed by atoms with van der Waals surface area (Å²) in [5.41, 5.74) is 0.788. The Morgan fingerprint density at radius 1 is 1.33 bits per heavy atom. The summed E-state index contributed by atoms with van der Waals surface area (Å²) in [6, 6.07) is 8.69. The molecule has 0 bridgehead atoms. The lowest BCUT2D eigenvalue weighted by Gasteiger charge is -2.16. The van der Waals surface area contributed by atoms with Crippen LogP contribution in [0.5, 0.6) is 5.75 Å². The maximum Gasteiger partial charge on any atom is 0.144 e. The molecule has 1 unspecified atom stereocenters. The molecule has 2 nitrogen and oxygen atoms in total. The molecule has 0 aliphatic heterocycles. The quantitative estimate of drug-likeness (QED) is 0.867. The maximum atomic E-state index is 13.1. The van der Waals surface area contributed by atoms with E-state index in [2.05, 4.69) is 34.2 Å². The first-order chi connectivity index (χ1) is 8.60. The van der Waals surface area contributed by atoms with Crippen LogP contribution in [0.15, 0.2) is 34.1 Å². The van der Waals surface area contributed by atoms with Gasteiger partial charge in [-0.1, -0.05) is 0 Å². The van der Waals surface area contributed by atoms with E-state index in [0.717, 1.165) is 9.47 Å². The lowest BCUT2D eigenvalue weighted by molar-refractivity contribution is 0.412. The third-order valence-electron chi connectivity index (χ3n) is 2.56. The van der Waals surface area contributed by atoms with Gasteiger partial charge in [0.15, 0.2) is 0 Å². The van der Waals surface area contributed by atoms with Crippen LogP contribution in [-0.4, -0.2) is 7.11 Å². The van der Waals surface area contributed by atoms with E-state index in [1.165, 1.54) is 24.1 Å². The standard InChI is InChI=1S/C13H13BrFNOS/c1-8(12-5-6-13(14)18-12)16-10-4-3-9(15)7-11(10)17-2/h3-8,16H,1-2H3. The molecule has 1 aromatic carbocycles. The first kappa shape index (κ1) is 13.4. The average Bonchev–Trinajstić information content (AvgIpc) is 2.78. The van der Waals surface area contributed by atoms with Crippen molar-refractivity contribution in [3.63, 3.8) is 0 Å². The van der Waals surface area contributed by atoms with Gasteiger partial charge in [-0.05, 0) is 47.1 Å². The summed E-state index contributed by atoms with van der Waals surface area (Å²) in [5, 5.41) is 3.32. The van der Waals surface area contributed by atoms with Crippen LogP contribution in [0.4, 0.5) is 10.1 Å². The number of nitrogens with one attached hydrogen (secondary N) is 1. The molecular formula is C13H13BrFNOS. The number of rotatable bonds is 4. The monoisotopic (exact) mass is 329 g/mol. The van der Waals surface area contributed by atoms with Crippen LogP contribution in [0.1, 0.15) is 17.8 Å². The number of methoxy groups -OCH3 is 1. The Hall–Kier alpha value is -1.07. The molecule has 0 spiro atoms. The van der Waals surface area contributed by atoms with E-state index in [-0.39, 0.29) is 11.9 Å². The van der Waals surface area contributed by atoms with Crippen LogP contribution >= 0.6 is 27.3 Å². The van der Waals surface area contributed by atoms with Gasteiger partial charge < -0.3 is 10.1 Å². The van der Waals surface area contributed by atoms with Crippen LogP contribution in [0, 0.1) is 5.82 Å². The molecule has 0 amide bonds. The van der Waals surface area contributed by atoms with Crippen LogP contribution in [-0.2, 0) is 0 Å². The predicted molar refractivity (Wildman–Crippen MR) is 77.0 cm³/mol. The van der Waals surface area contributed by atoms with Gasteiger partial charge in [0.1, 0.15) is 11.6 Å². The van der Waals surface area contributed by atoms with Gasteiger partial charge in [0.2, 0.25) is 0 Å². The van der Waals surface area contributed by atoms with Crippen LogP contribution < -0.4 is 10.1 Å². The second-order valence-corrected chi connectivity index (χ2v) is 6.35. The van der Waals surface area contributed by atoms with Crippen molar-refractivity contribution in [2.75, 3.05) is 12.4 Å². The largest absolute Gasteiger partial charge is 0.494 e. The molecular weight excluding hydrogens is 317 g/mol. The fourth-order valence-corrected chi connectivity index (χ4v) is 3.08. The number of benzene rings is 1. The van der Waals surface area contributed by atoms with E-state index in [0.29, 0.717) is 5.75 Å². The second kappa shape index (κ2) is 5.71. The highest BCUT2D eigenvalue weighted by molar-refractivity contribution is 9.11. The molecule has 96 valence electrons. The molecule has 0 fully saturated rings. The van der Waals surface area contributed by atoms with Gasteiger partial charge >= 0.3 is 0 Å². The first-order valence-corrected chi connectivity index (χ1v) is 7.06. The third-order valence-corrected chi connectivity index (χ3v) is 4.36. The normalized spacial score (nSPS) is 12.2. The highest BCUT2D eigenvalue weighted by Gasteiger charge is 2.11. The number of hydrogen-bond acceptors (Lipinski definition) is 3. The number of ether oxygens (including phenoxy) is 1. The van der Waals surface area contributed by atoms with E-state index in [4.69, 9.17) is 4.74 Å². The minimum Gasteiger partial charge on any atom is -0.494 e. The Labute approximate surface area is 118 Å². The number of halogens is 2. The van der Waals surface area contributed by atoms with Crippen molar-refractivity contribution in [2.45, 2.75) is 13.0 Å². The molecule has 1 atom stereocenters. The number of hydrogen-bond donors (Lipinski definition) is 1. The molecule has 0 radical (unpaired) electrons. The van der Waals surface area contributed by atoms with Gasteiger partial charge in [-0.25, -0.2) is 4.39 Å². The van der Waals surface area contributed by atoms with E-state index in [9.17, 15) is 4.39 Å². The summed E-state index contributed by atoms with van der Waals surface area (Å²) in [4.78, 5) is 1.20. The molecule has 2 rings (SSSR count). The Balaban J connectivity index is 2.18. The van der Waals surface area contributed by atoms with Crippen molar-refractivity contribution in [3.8, 4) is 5.75 Å². The summed E-state index contributed by atoms with van der Waals surface area (Å²) in [6.45, 7) is 2.06. The summed E-state index contributed by atoms with van der Waals surface area (Å²) in [5.74, 6) is 0.210. The highest BCUT2D eigenvalue weighted by atomic mass is 79.9. The molecule has 1 heterocycles. The lowest BCUT2D eigenvalue weighted by atomic mass is 10.2. The van der Waals surface area contributed by atoms with Gasteiger partial charge in [0.25, 0.3) is 0 Å². The third kappa shape index (κ3) is 3.03. The van der Waals surface area contributed by atoms with Crippen molar-refractivity contribution in [1.82, 2.24) is 0 Å². The smallest absolute Gasteiger partial charge is 0.144 e. The zero-order valence-corrected chi connectivity index (χ0v) is 12.4. The average molecular weight is 330 g/mol. The Kier molecular flexibility index (Phi) is 4.24. The van der Waals surface area contributed by atoms with Crippen molar-refractivity contribution >= 4 is 33.0 Å². The molecule has 1 N–H and O–H groups in total. The predicted octanol–water partition coefficient (Wildman–Crippen LogP) is 4.83. The maximum absolute atomic E-state index is 13.1. The number of anilines is 1. The molecule has 0 saturated carbocycles. The topological polar surface area (TPSA) is 21.3 Å². The minimum atomic E-state index is -0.302. The second-order valence-electron chi connectivity index (χ2n) is 3.85. The molecule has 0 aliphatic carbocycles. The van der Waals surface area contributed by atoms with Crippen molar-refractivity contribution < 1.29 is 9.13 Å². The first-order valence-electron chi connectivity index (χ1n) is 5.45. The van der Waals surface area contributed by atoms with Crippen molar-refractivity contribution in [3.05, 3.63) is 44.8 Å². The Morgan fingerprint density at radius 2 is 2.11 bits per heavy atom. The zero-order chi connectivity index (χ0) is 13.1. The van der Waals surface area contributed by atoms with E-state index < -0.39 is 0 Å².